The van der Waals surface area contributed by atoms with E-state index in [1.165, 1.54) is 31.2 Å². The number of benzene rings is 1. The third-order valence-electron chi connectivity index (χ3n) is 2.87. The van der Waals surface area contributed by atoms with E-state index in [1.807, 2.05) is 0 Å². The lowest BCUT2D eigenvalue weighted by Gasteiger charge is -2.15. The van der Waals surface area contributed by atoms with Crippen molar-refractivity contribution in [1.29, 1.82) is 0 Å². The summed E-state index contributed by atoms with van der Waals surface area (Å²) in [5.41, 5.74) is -0.0899. The highest BCUT2D eigenvalue weighted by Gasteiger charge is 2.39. The van der Waals surface area contributed by atoms with Crippen molar-refractivity contribution in [1.82, 2.24) is 0 Å². The number of esters is 1. The van der Waals surface area contributed by atoms with Gasteiger partial charge in [-0.1, -0.05) is 12.1 Å². The van der Waals surface area contributed by atoms with Gasteiger partial charge in [0.15, 0.2) is 15.6 Å². The molecule has 0 heterocycles. The van der Waals surface area contributed by atoms with Gasteiger partial charge in [-0.05, 0) is 26.0 Å². The number of amides is 1. The van der Waals surface area contributed by atoms with Gasteiger partial charge in [0.25, 0.3) is 0 Å². The van der Waals surface area contributed by atoms with Crippen LogP contribution in [0.15, 0.2) is 24.3 Å². The first kappa shape index (κ1) is 19.6. The number of rotatable bonds is 7. The van der Waals surface area contributed by atoms with E-state index >= 15 is 0 Å². The highest BCUT2D eigenvalue weighted by atomic mass is 32.2. The summed E-state index contributed by atoms with van der Waals surface area (Å²) < 4.78 is 33.1. The first-order valence-corrected chi connectivity index (χ1v) is 9.10. The standard InChI is InChI=1S/C15H19NO7S/c1-4-22-14(18)13(24(3,20)21)12(17)10-8-6-7-9-11(10)16-15(19)23-5-2/h6-9,13H,4-5H2,1-3H3,(H,16,19). The molecule has 8 nitrogen and oxygen atoms in total. The number of Topliss-reactive ketones (excluding diaryl/α,β-unsaturated/α-hetero) is 1. The SMILES string of the molecule is CCOC(=O)Nc1ccccc1C(=O)C(C(=O)OCC)S(C)(=O)=O. The highest BCUT2D eigenvalue weighted by molar-refractivity contribution is 7.92. The van der Waals surface area contributed by atoms with Crippen molar-refractivity contribution < 1.29 is 32.3 Å². The van der Waals surface area contributed by atoms with Crippen LogP contribution in [0.4, 0.5) is 10.5 Å². The van der Waals surface area contributed by atoms with Gasteiger partial charge in [-0.2, -0.15) is 0 Å². The van der Waals surface area contributed by atoms with Crippen LogP contribution in [0.5, 0.6) is 0 Å². The molecule has 24 heavy (non-hydrogen) atoms. The van der Waals surface area contributed by atoms with Gasteiger partial charge in [0.05, 0.1) is 18.9 Å². The van der Waals surface area contributed by atoms with Crippen molar-refractivity contribution in [3.63, 3.8) is 0 Å². The molecular formula is C15H19NO7S. The van der Waals surface area contributed by atoms with E-state index < -0.39 is 32.9 Å². The molecule has 0 aromatic heterocycles. The zero-order valence-corrected chi connectivity index (χ0v) is 14.4. The van der Waals surface area contributed by atoms with Crippen LogP contribution in [0, 0.1) is 0 Å². The van der Waals surface area contributed by atoms with Crippen LogP contribution in [0.3, 0.4) is 0 Å². The number of carbonyl (C=O) groups excluding carboxylic acids is 3. The largest absolute Gasteiger partial charge is 0.465 e. The Labute approximate surface area is 140 Å². The van der Waals surface area contributed by atoms with Gasteiger partial charge in [-0.25, -0.2) is 13.2 Å². The van der Waals surface area contributed by atoms with Gasteiger partial charge in [-0.15, -0.1) is 0 Å². The molecule has 0 aliphatic rings. The molecule has 1 aromatic rings. The fourth-order valence-corrected chi connectivity index (χ4v) is 2.85. The molecule has 0 radical (unpaired) electrons. The van der Waals surface area contributed by atoms with Crippen molar-refractivity contribution in [2.75, 3.05) is 24.8 Å². The van der Waals surface area contributed by atoms with Crippen molar-refractivity contribution in [2.45, 2.75) is 19.1 Å². The smallest absolute Gasteiger partial charge is 0.411 e. The second-order valence-corrected chi connectivity index (χ2v) is 6.85. The molecule has 0 bridgehead atoms. The Morgan fingerprint density at radius 3 is 2.21 bits per heavy atom. The van der Waals surface area contributed by atoms with Gasteiger partial charge < -0.3 is 9.47 Å². The summed E-state index contributed by atoms with van der Waals surface area (Å²) in [4.78, 5) is 36.0. The Balaban J connectivity index is 3.25. The van der Waals surface area contributed by atoms with Gasteiger partial charge >= 0.3 is 12.1 Å². The number of anilines is 1. The number of hydrogen-bond donors (Lipinski definition) is 1. The molecule has 0 saturated heterocycles. The Kier molecular flexibility index (Phi) is 6.90. The van der Waals surface area contributed by atoms with Crippen molar-refractivity contribution in [3.8, 4) is 0 Å². The van der Waals surface area contributed by atoms with Gasteiger partial charge in [0.2, 0.25) is 5.25 Å². The average molecular weight is 357 g/mol. The summed E-state index contributed by atoms with van der Waals surface area (Å²) >= 11 is 0. The van der Waals surface area contributed by atoms with E-state index in [2.05, 4.69) is 10.1 Å². The number of para-hydroxylation sites is 1. The van der Waals surface area contributed by atoms with E-state index in [1.54, 1.807) is 6.92 Å². The summed E-state index contributed by atoms with van der Waals surface area (Å²) in [6.07, 6.45) is -0.0294. The number of sulfone groups is 1. The predicted molar refractivity (Wildman–Crippen MR) is 86.7 cm³/mol. The zero-order chi connectivity index (χ0) is 18.3. The van der Waals surface area contributed by atoms with E-state index in [9.17, 15) is 22.8 Å². The average Bonchev–Trinajstić information content (AvgIpc) is 2.46. The van der Waals surface area contributed by atoms with E-state index in [0.29, 0.717) is 0 Å². The van der Waals surface area contributed by atoms with Crippen molar-refractivity contribution >= 4 is 33.4 Å². The monoisotopic (exact) mass is 357 g/mol. The predicted octanol–water partition coefficient (Wildman–Crippen LogP) is 1.41. The number of hydrogen-bond acceptors (Lipinski definition) is 7. The zero-order valence-electron chi connectivity index (χ0n) is 13.6. The maximum atomic E-state index is 12.6. The summed E-state index contributed by atoms with van der Waals surface area (Å²) in [6.45, 7) is 3.16. The molecule has 1 atom stereocenters. The summed E-state index contributed by atoms with van der Waals surface area (Å²) in [5, 5.41) is 0.343. The lowest BCUT2D eigenvalue weighted by Crippen LogP contribution is -2.39. The topological polar surface area (TPSA) is 116 Å². The summed E-state index contributed by atoms with van der Waals surface area (Å²) in [6, 6.07) is 5.72. The van der Waals surface area contributed by atoms with Gasteiger partial charge in [0.1, 0.15) is 0 Å². The number of nitrogens with one attached hydrogen (secondary N) is 1. The highest BCUT2D eigenvalue weighted by Crippen LogP contribution is 2.20. The lowest BCUT2D eigenvalue weighted by molar-refractivity contribution is -0.141. The quantitative estimate of drug-likeness (QED) is 0.445. The first-order chi connectivity index (χ1) is 11.2. The molecule has 0 fully saturated rings. The van der Waals surface area contributed by atoms with Crippen LogP contribution in [0.25, 0.3) is 0 Å². The van der Waals surface area contributed by atoms with Crippen LogP contribution >= 0.6 is 0 Å². The van der Waals surface area contributed by atoms with E-state index in [0.717, 1.165) is 6.26 Å². The Morgan fingerprint density at radius 1 is 1.08 bits per heavy atom. The van der Waals surface area contributed by atoms with Gasteiger partial charge in [-0.3, -0.25) is 14.9 Å². The molecule has 9 heteroatoms. The van der Waals surface area contributed by atoms with Crippen LogP contribution in [-0.4, -0.2) is 51.0 Å². The van der Waals surface area contributed by atoms with E-state index in [4.69, 9.17) is 4.74 Å². The summed E-state index contributed by atoms with van der Waals surface area (Å²) in [7, 11) is -4.06. The second-order valence-electron chi connectivity index (χ2n) is 4.72. The maximum Gasteiger partial charge on any atom is 0.411 e. The number of carbonyl (C=O) groups is 3. The number of ether oxygens (including phenoxy) is 2. The van der Waals surface area contributed by atoms with Crippen molar-refractivity contribution in [3.05, 3.63) is 29.8 Å². The van der Waals surface area contributed by atoms with Crippen LogP contribution in [-0.2, 0) is 24.1 Å². The number of ketones is 1. The molecule has 0 aliphatic carbocycles. The normalized spacial score (nSPS) is 12.1. The first-order valence-electron chi connectivity index (χ1n) is 7.14. The summed E-state index contributed by atoms with van der Waals surface area (Å²) in [5.74, 6) is -2.14. The Hall–Kier alpha value is -2.42. The van der Waals surface area contributed by atoms with Crippen LogP contribution in [0.2, 0.25) is 0 Å². The minimum Gasteiger partial charge on any atom is -0.465 e. The Bertz CT molecular complexity index is 727. The molecule has 0 saturated carbocycles. The minimum atomic E-state index is -4.06. The fraction of sp³-hybridized carbons (Fsp3) is 0.400. The lowest BCUT2D eigenvalue weighted by atomic mass is 10.1. The molecule has 0 aliphatic heterocycles. The second kappa shape index (κ2) is 8.44. The van der Waals surface area contributed by atoms with Gasteiger partial charge in [0, 0.05) is 11.8 Å². The Morgan fingerprint density at radius 2 is 1.67 bits per heavy atom. The molecule has 0 spiro atoms. The fourth-order valence-electron chi connectivity index (χ4n) is 1.92. The maximum absolute atomic E-state index is 12.6. The third kappa shape index (κ3) is 5.05. The molecular weight excluding hydrogens is 338 g/mol. The van der Waals surface area contributed by atoms with E-state index in [-0.39, 0.29) is 24.5 Å². The van der Waals surface area contributed by atoms with Crippen LogP contribution in [0.1, 0.15) is 24.2 Å². The molecule has 132 valence electrons. The molecule has 1 aromatic carbocycles. The third-order valence-corrected chi connectivity index (χ3v) is 4.13. The van der Waals surface area contributed by atoms with Crippen molar-refractivity contribution in [2.24, 2.45) is 0 Å². The molecule has 1 N–H and O–H groups in total. The van der Waals surface area contributed by atoms with Crippen LogP contribution < -0.4 is 5.32 Å². The molecule has 1 amide bonds. The minimum absolute atomic E-state index is 0.0406. The molecule has 1 rings (SSSR count). The molecule has 1 unspecified atom stereocenters.